The summed E-state index contributed by atoms with van der Waals surface area (Å²) in [6.45, 7) is 7.24. The van der Waals surface area contributed by atoms with Crippen LogP contribution in [0, 0.1) is 5.92 Å². The molecule has 0 aromatic carbocycles. The fraction of sp³-hybridized carbons (Fsp3) is 0.945. The van der Waals surface area contributed by atoms with Crippen LogP contribution in [0.25, 0.3) is 0 Å². The maximum atomic E-state index is 13.1. The standard InChI is InChI=1S/C73H142O17P2/c1-6-9-12-15-18-21-23-25-26-27-28-29-31-33-39-44-49-54-59-73(78)90-69(63-84-71(76)57-52-47-42-37-35-34-36-40-45-50-55-66(4)5)65-88-92(81,82)86-61-67(74)60-85-91(79,80)87-64-68(62-83-70(75)56-51-46-41-20-17-14-11-8-3)89-72(77)58-53-48-43-38-32-30-24-22-19-16-13-10-7-2/h66-69,74H,6-65H2,1-5H3,(H,79,80)(H,81,82)/t67-,68+,69+/m0/s1. The van der Waals surface area contributed by atoms with E-state index in [1.807, 2.05) is 0 Å². The third-order valence-electron chi connectivity index (χ3n) is 17.0. The average molecular weight is 1350 g/mol. The number of phosphoric ester groups is 2. The minimum absolute atomic E-state index is 0.108. The minimum atomic E-state index is -4.95. The fourth-order valence-electron chi connectivity index (χ4n) is 11.2. The maximum absolute atomic E-state index is 13.1. The highest BCUT2D eigenvalue weighted by Gasteiger charge is 2.30. The number of aliphatic hydroxyl groups is 1. The first kappa shape index (κ1) is 90.1. The molecule has 0 aliphatic rings. The van der Waals surface area contributed by atoms with Gasteiger partial charge in [-0.25, -0.2) is 9.13 Å². The van der Waals surface area contributed by atoms with Crippen LogP contribution in [0.1, 0.15) is 381 Å². The van der Waals surface area contributed by atoms with E-state index in [0.717, 1.165) is 102 Å². The quantitative estimate of drug-likeness (QED) is 0.0222. The zero-order valence-electron chi connectivity index (χ0n) is 59.7. The van der Waals surface area contributed by atoms with Crippen molar-refractivity contribution in [1.29, 1.82) is 0 Å². The second-order valence-corrected chi connectivity index (χ2v) is 29.7. The molecule has 546 valence electrons. The van der Waals surface area contributed by atoms with E-state index in [2.05, 4.69) is 34.6 Å². The van der Waals surface area contributed by atoms with Crippen molar-refractivity contribution < 1.29 is 80.2 Å². The lowest BCUT2D eigenvalue weighted by molar-refractivity contribution is -0.161. The van der Waals surface area contributed by atoms with E-state index >= 15 is 0 Å². The molecule has 0 radical (unpaired) electrons. The monoisotopic (exact) mass is 1350 g/mol. The van der Waals surface area contributed by atoms with Crippen LogP contribution in [0.3, 0.4) is 0 Å². The van der Waals surface area contributed by atoms with Gasteiger partial charge in [0.2, 0.25) is 0 Å². The van der Waals surface area contributed by atoms with Crippen LogP contribution in [0.4, 0.5) is 0 Å². The maximum Gasteiger partial charge on any atom is 0.472 e. The molecular formula is C73H142O17P2. The van der Waals surface area contributed by atoms with Gasteiger partial charge in [0.05, 0.1) is 26.4 Å². The number of rotatable bonds is 73. The molecule has 0 heterocycles. The van der Waals surface area contributed by atoms with E-state index in [-0.39, 0.29) is 25.7 Å². The van der Waals surface area contributed by atoms with Gasteiger partial charge in [0.1, 0.15) is 19.3 Å². The van der Waals surface area contributed by atoms with Crippen molar-refractivity contribution >= 4 is 39.5 Å². The number of hydrogen-bond acceptors (Lipinski definition) is 15. The topological polar surface area (TPSA) is 237 Å². The lowest BCUT2D eigenvalue weighted by Gasteiger charge is -2.21. The summed E-state index contributed by atoms with van der Waals surface area (Å²) < 4.78 is 68.4. The summed E-state index contributed by atoms with van der Waals surface area (Å²) in [7, 11) is -9.90. The highest BCUT2D eigenvalue weighted by molar-refractivity contribution is 7.47. The Kier molecular flexibility index (Phi) is 64.9. The molecule has 5 atom stereocenters. The van der Waals surface area contributed by atoms with Gasteiger partial charge in [0, 0.05) is 25.7 Å². The van der Waals surface area contributed by atoms with Gasteiger partial charge in [-0.2, -0.15) is 0 Å². The van der Waals surface area contributed by atoms with Crippen LogP contribution < -0.4 is 0 Å². The number of carbonyl (C=O) groups is 4. The Labute approximate surface area is 562 Å². The van der Waals surface area contributed by atoms with Crippen LogP contribution in [-0.4, -0.2) is 96.7 Å². The van der Waals surface area contributed by atoms with Crippen molar-refractivity contribution in [1.82, 2.24) is 0 Å². The minimum Gasteiger partial charge on any atom is -0.462 e. The van der Waals surface area contributed by atoms with Gasteiger partial charge in [-0.15, -0.1) is 0 Å². The van der Waals surface area contributed by atoms with Gasteiger partial charge < -0.3 is 33.8 Å². The molecule has 0 rings (SSSR count). The Bertz CT molecular complexity index is 1770. The largest absolute Gasteiger partial charge is 0.472 e. The summed E-state index contributed by atoms with van der Waals surface area (Å²) >= 11 is 0. The molecule has 0 aromatic heterocycles. The zero-order valence-corrected chi connectivity index (χ0v) is 61.5. The summed E-state index contributed by atoms with van der Waals surface area (Å²) in [4.78, 5) is 72.6. The van der Waals surface area contributed by atoms with Gasteiger partial charge in [-0.3, -0.25) is 37.3 Å². The Morgan fingerprint density at radius 3 is 0.739 bits per heavy atom. The van der Waals surface area contributed by atoms with E-state index in [9.17, 15) is 43.2 Å². The molecule has 0 saturated heterocycles. The van der Waals surface area contributed by atoms with E-state index in [1.54, 1.807) is 0 Å². The van der Waals surface area contributed by atoms with Crippen LogP contribution in [0.5, 0.6) is 0 Å². The van der Waals surface area contributed by atoms with Gasteiger partial charge in [0.25, 0.3) is 0 Å². The Balaban J connectivity index is 5.21. The first-order chi connectivity index (χ1) is 44.5. The summed E-state index contributed by atoms with van der Waals surface area (Å²) in [5.74, 6) is -1.36. The molecule has 0 bridgehead atoms. The highest BCUT2D eigenvalue weighted by atomic mass is 31.2. The smallest absolute Gasteiger partial charge is 0.462 e. The Morgan fingerprint density at radius 1 is 0.293 bits per heavy atom. The highest BCUT2D eigenvalue weighted by Crippen LogP contribution is 2.45. The number of hydrogen-bond donors (Lipinski definition) is 3. The molecule has 19 heteroatoms. The molecule has 0 aliphatic carbocycles. The van der Waals surface area contributed by atoms with E-state index in [1.165, 1.54) is 199 Å². The number of ether oxygens (including phenoxy) is 4. The van der Waals surface area contributed by atoms with Crippen molar-refractivity contribution in [3.05, 3.63) is 0 Å². The molecule has 0 saturated carbocycles. The second kappa shape index (κ2) is 66.3. The molecule has 0 fully saturated rings. The summed E-state index contributed by atoms with van der Waals surface area (Å²) in [6, 6.07) is 0. The van der Waals surface area contributed by atoms with Crippen molar-refractivity contribution in [2.75, 3.05) is 39.6 Å². The molecule has 0 spiro atoms. The Morgan fingerprint density at radius 2 is 0.500 bits per heavy atom. The lowest BCUT2D eigenvalue weighted by atomic mass is 10.0. The first-order valence-corrected chi connectivity index (χ1v) is 41.1. The average Bonchev–Trinajstić information content (AvgIpc) is 1.88. The molecule has 0 amide bonds. The molecule has 17 nitrogen and oxygen atoms in total. The van der Waals surface area contributed by atoms with Crippen LogP contribution >= 0.6 is 15.6 Å². The van der Waals surface area contributed by atoms with Crippen LogP contribution in [-0.2, 0) is 65.4 Å². The number of unbranched alkanes of at least 4 members (excludes halogenated alkanes) is 45. The zero-order chi connectivity index (χ0) is 67.7. The lowest BCUT2D eigenvalue weighted by Crippen LogP contribution is -2.30. The number of esters is 4. The third-order valence-corrected chi connectivity index (χ3v) is 18.9. The van der Waals surface area contributed by atoms with E-state index in [0.29, 0.717) is 25.7 Å². The van der Waals surface area contributed by atoms with Crippen molar-refractivity contribution in [3.8, 4) is 0 Å². The molecule has 3 N–H and O–H groups in total. The first-order valence-electron chi connectivity index (χ1n) is 38.1. The van der Waals surface area contributed by atoms with Gasteiger partial charge in [0.15, 0.2) is 12.2 Å². The van der Waals surface area contributed by atoms with E-state index in [4.69, 9.17) is 37.0 Å². The van der Waals surface area contributed by atoms with Gasteiger partial charge >= 0.3 is 39.5 Å². The van der Waals surface area contributed by atoms with Gasteiger partial charge in [-0.1, -0.05) is 330 Å². The summed E-state index contributed by atoms with van der Waals surface area (Å²) in [5.41, 5.74) is 0. The molecule has 0 aromatic rings. The van der Waals surface area contributed by atoms with E-state index < -0.39 is 97.5 Å². The Hall–Kier alpha value is -1.94. The van der Waals surface area contributed by atoms with Crippen molar-refractivity contribution in [2.24, 2.45) is 5.92 Å². The van der Waals surface area contributed by atoms with Crippen molar-refractivity contribution in [2.45, 2.75) is 400 Å². The fourth-order valence-corrected chi connectivity index (χ4v) is 12.8. The molecule has 2 unspecified atom stereocenters. The normalized spacial score (nSPS) is 14.0. The summed E-state index contributed by atoms with van der Waals surface area (Å²) in [6.07, 6.45) is 54.1. The number of aliphatic hydroxyl groups excluding tert-OH is 1. The molecule has 0 aliphatic heterocycles. The number of carbonyl (C=O) groups excluding carboxylic acids is 4. The van der Waals surface area contributed by atoms with Crippen LogP contribution in [0.15, 0.2) is 0 Å². The van der Waals surface area contributed by atoms with Gasteiger partial charge in [-0.05, 0) is 31.6 Å². The SMILES string of the molecule is CCCCCCCCCCCCCCCCCCCCC(=O)O[C@H](COC(=O)CCCCCCCCCCCCC(C)C)COP(=O)(O)OC[C@@H](O)COP(=O)(O)OC[C@@H](COC(=O)CCCCCCCCCC)OC(=O)CCCCCCCCCCCCCCC. The molecule has 92 heavy (non-hydrogen) atoms. The predicted molar refractivity (Wildman–Crippen MR) is 372 cm³/mol. The predicted octanol–water partition coefficient (Wildman–Crippen LogP) is 21.3. The third kappa shape index (κ3) is 66.7. The second-order valence-electron chi connectivity index (χ2n) is 26.8. The molecular weight excluding hydrogens is 1210 g/mol. The van der Waals surface area contributed by atoms with Crippen molar-refractivity contribution in [3.63, 3.8) is 0 Å². The number of phosphoric acid groups is 2. The summed E-state index contributed by atoms with van der Waals surface area (Å²) in [5, 5.41) is 10.6. The van der Waals surface area contributed by atoms with Crippen LogP contribution in [0.2, 0.25) is 0 Å².